The van der Waals surface area contributed by atoms with Crippen molar-refractivity contribution in [2.45, 2.75) is 39.5 Å². The van der Waals surface area contributed by atoms with Gasteiger partial charge in [0, 0.05) is 22.8 Å². The van der Waals surface area contributed by atoms with E-state index in [4.69, 9.17) is 14.8 Å². The van der Waals surface area contributed by atoms with Crippen LogP contribution < -0.4 is 0 Å². The van der Waals surface area contributed by atoms with E-state index in [-0.39, 0.29) is 0 Å². The lowest BCUT2D eigenvalue weighted by atomic mass is 10.0. The highest BCUT2D eigenvalue weighted by molar-refractivity contribution is 7.23. The lowest BCUT2D eigenvalue weighted by molar-refractivity contribution is 0.144. The van der Waals surface area contributed by atoms with Gasteiger partial charge in [-0.3, -0.25) is 4.98 Å². The van der Waals surface area contributed by atoms with E-state index < -0.39 is 0 Å². The largest absolute Gasteiger partial charge is 0.396 e. The molecule has 26 heavy (non-hydrogen) atoms. The molecule has 0 saturated heterocycles. The molecule has 0 unspecified atom stereocenters. The Morgan fingerprint density at radius 1 is 1.19 bits per heavy atom. The van der Waals surface area contributed by atoms with Gasteiger partial charge in [-0.25, -0.2) is 9.97 Å². The maximum Gasteiger partial charge on any atom is 0.136 e. The zero-order chi connectivity index (χ0) is 17.9. The van der Waals surface area contributed by atoms with Crippen molar-refractivity contribution in [1.29, 1.82) is 0 Å². The van der Waals surface area contributed by atoms with Gasteiger partial charge in [-0.2, -0.15) is 0 Å². The van der Waals surface area contributed by atoms with Crippen LogP contribution >= 0.6 is 22.7 Å². The lowest BCUT2D eigenvalue weighted by Crippen LogP contribution is -2.11. The molecular formula is C19H20N4OS2. The molecule has 0 N–H and O–H groups in total. The number of aromatic nitrogens is 3. The topological polar surface area (TPSA) is 60.3 Å². The van der Waals surface area contributed by atoms with Crippen molar-refractivity contribution in [2.24, 2.45) is 5.16 Å². The Bertz CT molecular complexity index is 930. The van der Waals surface area contributed by atoms with E-state index in [1.165, 1.54) is 4.88 Å². The van der Waals surface area contributed by atoms with Crippen LogP contribution in [0.1, 0.15) is 42.5 Å². The minimum Gasteiger partial charge on any atom is -0.396 e. The quantitative estimate of drug-likeness (QED) is 0.453. The summed E-state index contributed by atoms with van der Waals surface area (Å²) in [5.41, 5.74) is 4.06. The Morgan fingerprint density at radius 2 is 2.12 bits per heavy atom. The number of rotatable bonds is 5. The van der Waals surface area contributed by atoms with Crippen LogP contribution in [0.4, 0.5) is 0 Å². The van der Waals surface area contributed by atoms with Crippen molar-refractivity contribution in [1.82, 2.24) is 15.0 Å². The third kappa shape index (κ3) is 3.41. The van der Waals surface area contributed by atoms with Crippen LogP contribution in [0.5, 0.6) is 0 Å². The van der Waals surface area contributed by atoms with Gasteiger partial charge >= 0.3 is 0 Å². The number of oxime groups is 1. The second kappa shape index (κ2) is 7.63. The van der Waals surface area contributed by atoms with E-state index in [0.717, 1.165) is 63.2 Å². The summed E-state index contributed by atoms with van der Waals surface area (Å²) in [5, 5.41) is 6.35. The van der Waals surface area contributed by atoms with Crippen LogP contribution in [0.15, 0.2) is 29.7 Å². The molecule has 1 aliphatic rings. The highest BCUT2D eigenvalue weighted by atomic mass is 32.1. The van der Waals surface area contributed by atoms with Gasteiger partial charge in [0.1, 0.15) is 28.0 Å². The highest BCUT2D eigenvalue weighted by Gasteiger charge is 2.24. The van der Waals surface area contributed by atoms with E-state index in [1.807, 2.05) is 25.3 Å². The Hall–Kier alpha value is -2.12. The summed E-state index contributed by atoms with van der Waals surface area (Å²) in [6.45, 7) is 4.78. The fraction of sp³-hybridized carbons (Fsp3) is 0.368. The van der Waals surface area contributed by atoms with Crippen molar-refractivity contribution in [3.63, 3.8) is 0 Å². The van der Waals surface area contributed by atoms with Crippen LogP contribution in [-0.4, -0.2) is 27.3 Å². The number of fused-ring (bicyclic) bond motifs is 1. The molecule has 3 aromatic rings. The molecule has 0 amide bonds. The third-order valence-electron chi connectivity index (χ3n) is 4.16. The fourth-order valence-electron chi connectivity index (χ4n) is 2.89. The molecular weight excluding hydrogens is 364 g/mol. The smallest absolute Gasteiger partial charge is 0.136 e. The van der Waals surface area contributed by atoms with Gasteiger partial charge in [0.05, 0.1) is 10.6 Å². The number of nitrogens with zero attached hydrogens (tertiary/aromatic N) is 4. The van der Waals surface area contributed by atoms with E-state index >= 15 is 0 Å². The third-order valence-corrected chi connectivity index (χ3v) is 6.63. The minimum atomic E-state index is 0.651. The fourth-order valence-corrected chi connectivity index (χ4v) is 5.20. The Balaban J connectivity index is 1.68. The maximum atomic E-state index is 5.42. The Morgan fingerprint density at radius 3 is 2.92 bits per heavy atom. The molecule has 0 bridgehead atoms. The number of pyridine rings is 1. The summed E-state index contributed by atoms with van der Waals surface area (Å²) < 4.78 is 0. The van der Waals surface area contributed by atoms with E-state index in [1.54, 1.807) is 28.9 Å². The predicted molar refractivity (Wildman–Crippen MR) is 107 cm³/mol. The summed E-state index contributed by atoms with van der Waals surface area (Å²) in [6.07, 6.45) is 7.69. The van der Waals surface area contributed by atoms with Crippen molar-refractivity contribution in [2.75, 3.05) is 6.61 Å². The van der Waals surface area contributed by atoms with Gasteiger partial charge in [-0.15, -0.1) is 22.7 Å². The summed E-state index contributed by atoms with van der Waals surface area (Å²) in [5.74, 6) is 0. The molecule has 4 rings (SSSR count). The average molecular weight is 385 g/mol. The zero-order valence-electron chi connectivity index (χ0n) is 14.9. The molecule has 0 aliphatic heterocycles. The van der Waals surface area contributed by atoms with Crippen LogP contribution in [0.3, 0.4) is 0 Å². The number of thiazole rings is 2. The molecule has 0 spiro atoms. The van der Waals surface area contributed by atoms with Gasteiger partial charge in [0.15, 0.2) is 0 Å². The highest BCUT2D eigenvalue weighted by Crippen LogP contribution is 2.39. The molecule has 0 saturated carbocycles. The Kier molecular flexibility index (Phi) is 5.08. The van der Waals surface area contributed by atoms with Gasteiger partial charge in [0.25, 0.3) is 0 Å². The molecule has 3 aromatic heterocycles. The predicted octanol–water partition coefficient (Wildman–Crippen LogP) is 5.10. The van der Waals surface area contributed by atoms with Crippen LogP contribution in [0.2, 0.25) is 0 Å². The average Bonchev–Trinajstić information content (AvgIpc) is 3.26. The molecule has 0 aromatic carbocycles. The van der Waals surface area contributed by atoms with E-state index in [0.29, 0.717) is 6.61 Å². The van der Waals surface area contributed by atoms with Gasteiger partial charge in [-0.05, 0) is 44.7 Å². The normalized spacial score (nSPS) is 15.2. The van der Waals surface area contributed by atoms with Gasteiger partial charge < -0.3 is 4.84 Å². The molecule has 3 heterocycles. The molecule has 7 heteroatoms. The molecule has 0 atom stereocenters. The molecule has 134 valence electrons. The summed E-state index contributed by atoms with van der Waals surface area (Å²) in [7, 11) is 0. The van der Waals surface area contributed by atoms with Crippen molar-refractivity contribution in [3.8, 4) is 20.5 Å². The van der Waals surface area contributed by atoms with Gasteiger partial charge in [-0.1, -0.05) is 12.1 Å². The second-order valence-electron chi connectivity index (χ2n) is 6.19. The standard InChI is InChI=1S/C19H20N4OS2/c1-3-10-24-23-14-7-4-8-15-16(14)22-19(25-15)17-12(2)21-18(26-17)13-6-5-9-20-11-13/h5-6,9,11H,3-4,7-8,10H2,1-2H3/b23-14+. The summed E-state index contributed by atoms with van der Waals surface area (Å²) >= 11 is 3.44. The lowest BCUT2D eigenvalue weighted by Gasteiger charge is -2.11. The van der Waals surface area contributed by atoms with Crippen molar-refractivity contribution >= 4 is 28.4 Å². The molecule has 1 aliphatic carbocycles. The Labute approximate surface area is 160 Å². The minimum absolute atomic E-state index is 0.651. The molecule has 5 nitrogen and oxygen atoms in total. The van der Waals surface area contributed by atoms with Gasteiger partial charge in [0.2, 0.25) is 0 Å². The SMILES string of the molecule is CCCO/N=C1\CCCc2sc(-c3sc(-c4cccnc4)nc3C)nc21. The van der Waals surface area contributed by atoms with E-state index in [9.17, 15) is 0 Å². The summed E-state index contributed by atoms with van der Waals surface area (Å²) in [6, 6.07) is 3.98. The zero-order valence-corrected chi connectivity index (χ0v) is 16.5. The number of hydrogen-bond donors (Lipinski definition) is 0. The first-order chi connectivity index (χ1) is 12.8. The first kappa shape index (κ1) is 17.3. The van der Waals surface area contributed by atoms with Crippen LogP contribution in [0.25, 0.3) is 20.5 Å². The first-order valence-corrected chi connectivity index (χ1v) is 10.5. The van der Waals surface area contributed by atoms with Crippen LogP contribution in [0, 0.1) is 6.92 Å². The van der Waals surface area contributed by atoms with Crippen LogP contribution in [-0.2, 0) is 11.3 Å². The summed E-state index contributed by atoms with van der Waals surface area (Å²) in [4.78, 5) is 21.7. The molecule has 0 fully saturated rings. The van der Waals surface area contributed by atoms with Crippen molar-refractivity contribution in [3.05, 3.63) is 40.8 Å². The second-order valence-corrected chi connectivity index (χ2v) is 8.27. The molecule has 0 radical (unpaired) electrons. The van der Waals surface area contributed by atoms with Crippen molar-refractivity contribution < 1.29 is 4.84 Å². The number of hydrogen-bond acceptors (Lipinski definition) is 7. The maximum absolute atomic E-state index is 5.42. The monoisotopic (exact) mass is 384 g/mol. The van der Waals surface area contributed by atoms with E-state index in [2.05, 4.69) is 17.1 Å². The first-order valence-electron chi connectivity index (χ1n) is 8.83. The number of aryl methyl sites for hydroxylation is 2.